The van der Waals surface area contributed by atoms with Gasteiger partial charge in [0.1, 0.15) is 5.70 Å². The van der Waals surface area contributed by atoms with Crippen LogP contribution in [0.15, 0.2) is 48.2 Å². The second-order valence-corrected chi connectivity index (χ2v) is 7.58. The highest BCUT2D eigenvalue weighted by molar-refractivity contribution is 6.45. The molecule has 5 heteroatoms. The Labute approximate surface area is 164 Å². The highest BCUT2D eigenvalue weighted by Crippen LogP contribution is 2.37. The van der Waals surface area contributed by atoms with Gasteiger partial charge in [0.15, 0.2) is 0 Å². The molecule has 4 nitrogen and oxygen atoms in total. The van der Waals surface area contributed by atoms with E-state index < -0.39 is 0 Å². The van der Waals surface area contributed by atoms with Gasteiger partial charge >= 0.3 is 0 Å². The third-order valence-corrected chi connectivity index (χ3v) is 5.58. The molecule has 0 unspecified atom stereocenters. The van der Waals surface area contributed by atoms with E-state index >= 15 is 0 Å². The second kappa shape index (κ2) is 6.86. The first-order chi connectivity index (χ1) is 13.0. The molecule has 1 saturated heterocycles. The molecule has 0 aliphatic carbocycles. The van der Waals surface area contributed by atoms with Gasteiger partial charge in [0.05, 0.1) is 11.3 Å². The maximum absolute atomic E-state index is 13.4. The lowest BCUT2D eigenvalue weighted by Crippen LogP contribution is -2.34. The number of halogens is 1. The summed E-state index contributed by atoms with van der Waals surface area (Å²) in [5.74, 6) is -0.551. The summed E-state index contributed by atoms with van der Waals surface area (Å²) in [7, 11) is 0. The molecule has 27 heavy (non-hydrogen) atoms. The molecule has 2 heterocycles. The van der Waals surface area contributed by atoms with Crippen molar-refractivity contribution >= 4 is 34.7 Å². The summed E-state index contributed by atoms with van der Waals surface area (Å²) in [6.07, 6.45) is 2.06. The largest absolute Gasteiger partial charge is 0.366 e. The lowest BCUT2D eigenvalue weighted by atomic mass is 9.99. The average Bonchev–Trinajstić information content (AvgIpc) is 3.24. The van der Waals surface area contributed by atoms with Crippen molar-refractivity contribution in [1.82, 2.24) is 4.90 Å². The fourth-order valence-corrected chi connectivity index (χ4v) is 3.94. The van der Waals surface area contributed by atoms with E-state index in [4.69, 9.17) is 11.6 Å². The molecule has 2 aromatic carbocycles. The first-order valence-electron chi connectivity index (χ1n) is 9.18. The maximum atomic E-state index is 13.4. The van der Waals surface area contributed by atoms with Crippen LogP contribution >= 0.6 is 11.6 Å². The lowest BCUT2D eigenvalue weighted by Gasteiger charge is -2.20. The van der Waals surface area contributed by atoms with E-state index in [-0.39, 0.29) is 11.8 Å². The molecule has 0 radical (unpaired) electrons. The molecule has 0 N–H and O–H groups in total. The molecular weight excluding hydrogens is 360 g/mol. The number of carbonyl (C=O) groups is 2. The Bertz CT molecular complexity index is 974. The maximum Gasteiger partial charge on any atom is 0.282 e. The van der Waals surface area contributed by atoms with E-state index in [0.717, 1.165) is 42.6 Å². The number of nitrogens with zero attached hydrogens (tertiary/aromatic N) is 2. The van der Waals surface area contributed by atoms with Gasteiger partial charge in [-0.1, -0.05) is 35.9 Å². The molecule has 2 aliphatic heterocycles. The Morgan fingerprint density at radius 1 is 0.889 bits per heavy atom. The van der Waals surface area contributed by atoms with E-state index in [1.165, 1.54) is 4.90 Å². The van der Waals surface area contributed by atoms with Crippen LogP contribution in [0.25, 0.3) is 5.57 Å². The quantitative estimate of drug-likeness (QED) is 0.744. The summed E-state index contributed by atoms with van der Waals surface area (Å²) in [6.45, 7) is 5.65. The molecule has 0 bridgehead atoms. The third-order valence-electron chi connectivity index (χ3n) is 5.34. The molecule has 138 valence electrons. The van der Waals surface area contributed by atoms with Crippen LogP contribution in [-0.4, -0.2) is 29.8 Å². The Kier molecular flexibility index (Phi) is 4.52. The molecule has 0 spiro atoms. The predicted molar refractivity (Wildman–Crippen MR) is 108 cm³/mol. The summed E-state index contributed by atoms with van der Waals surface area (Å²) < 4.78 is 0. The number of carbonyl (C=O) groups excluding carboxylic acids is 2. The van der Waals surface area contributed by atoms with Gasteiger partial charge in [-0.25, -0.2) is 4.90 Å². The average molecular weight is 381 g/mol. The van der Waals surface area contributed by atoms with E-state index in [2.05, 4.69) is 4.90 Å². The van der Waals surface area contributed by atoms with Crippen molar-refractivity contribution in [3.63, 3.8) is 0 Å². The topological polar surface area (TPSA) is 40.6 Å². The van der Waals surface area contributed by atoms with E-state index in [9.17, 15) is 9.59 Å². The molecule has 0 aromatic heterocycles. The van der Waals surface area contributed by atoms with Crippen LogP contribution < -0.4 is 4.90 Å². The van der Waals surface area contributed by atoms with Gasteiger partial charge in [0, 0.05) is 18.1 Å². The van der Waals surface area contributed by atoms with Crippen molar-refractivity contribution < 1.29 is 9.59 Å². The minimum absolute atomic E-state index is 0.266. The third kappa shape index (κ3) is 3.04. The van der Waals surface area contributed by atoms with Gasteiger partial charge < -0.3 is 4.90 Å². The van der Waals surface area contributed by atoms with Gasteiger partial charge in [-0.2, -0.15) is 0 Å². The fraction of sp³-hybridized carbons (Fsp3) is 0.273. The van der Waals surface area contributed by atoms with Crippen molar-refractivity contribution in [2.45, 2.75) is 26.7 Å². The van der Waals surface area contributed by atoms with Crippen LogP contribution in [0.4, 0.5) is 5.69 Å². The van der Waals surface area contributed by atoms with Gasteiger partial charge in [0.25, 0.3) is 11.8 Å². The zero-order valence-electron chi connectivity index (χ0n) is 15.5. The van der Waals surface area contributed by atoms with E-state index in [0.29, 0.717) is 22.0 Å². The summed E-state index contributed by atoms with van der Waals surface area (Å²) in [6, 6.07) is 12.8. The molecule has 2 amide bonds. The Balaban J connectivity index is 1.86. The minimum atomic E-state index is -0.285. The zero-order valence-corrected chi connectivity index (χ0v) is 16.2. The van der Waals surface area contributed by atoms with Crippen molar-refractivity contribution in [1.29, 1.82) is 0 Å². The Morgan fingerprint density at radius 2 is 1.63 bits per heavy atom. The number of anilines is 1. The molecular formula is C22H21ClN2O2. The number of benzene rings is 2. The number of imide groups is 1. The van der Waals surface area contributed by atoms with Crippen molar-refractivity contribution in [2.24, 2.45) is 0 Å². The van der Waals surface area contributed by atoms with Crippen LogP contribution in [0.5, 0.6) is 0 Å². The Morgan fingerprint density at radius 3 is 2.30 bits per heavy atom. The molecule has 0 saturated carbocycles. The van der Waals surface area contributed by atoms with Crippen LogP contribution in [0.2, 0.25) is 5.02 Å². The monoisotopic (exact) mass is 380 g/mol. The smallest absolute Gasteiger partial charge is 0.282 e. The van der Waals surface area contributed by atoms with Crippen LogP contribution in [0.1, 0.15) is 29.5 Å². The first-order valence-corrected chi connectivity index (χ1v) is 9.56. The van der Waals surface area contributed by atoms with Gasteiger partial charge in [0.2, 0.25) is 0 Å². The molecule has 1 fully saturated rings. The van der Waals surface area contributed by atoms with Gasteiger partial charge in [-0.15, -0.1) is 0 Å². The molecule has 2 aliphatic rings. The fourth-order valence-electron chi connectivity index (χ4n) is 3.76. The lowest BCUT2D eigenvalue weighted by molar-refractivity contribution is -0.120. The minimum Gasteiger partial charge on any atom is -0.366 e. The summed E-state index contributed by atoms with van der Waals surface area (Å²) >= 11 is 6.10. The van der Waals surface area contributed by atoms with Gasteiger partial charge in [-0.3, -0.25) is 9.59 Å². The number of hydrogen-bond acceptors (Lipinski definition) is 3. The second-order valence-electron chi connectivity index (χ2n) is 7.14. The van der Waals surface area contributed by atoms with Crippen LogP contribution in [-0.2, 0) is 9.59 Å². The number of rotatable bonds is 3. The first kappa shape index (κ1) is 17.8. The highest BCUT2D eigenvalue weighted by atomic mass is 35.5. The van der Waals surface area contributed by atoms with Gasteiger partial charge in [-0.05, 0) is 61.6 Å². The Hall–Kier alpha value is -2.59. The molecule has 0 atom stereocenters. The van der Waals surface area contributed by atoms with Crippen molar-refractivity contribution in [3.8, 4) is 0 Å². The zero-order chi connectivity index (χ0) is 19.1. The van der Waals surface area contributed by atoms with Crippen molar-refractivity contribution in [2.75, 3.05) is 18.0 Å². The number of aryl methyl sites for hydroxylation is 2. The summed E-state index contributed by atoms with van der Waals surface area (Å²) in [4.78, 5) is 30.0. The molecule has 4 rings (SSSR count). The summed E-state index contributed by atoms with van der Waals surface area (Å²) in [5, 5.41) is 0.496. The highest BCUT2D eigenvalue weighted by Gasteiger charge is 2.43. The number of likely N-dealkylation sites (tertiary alicyclic amines) is 1. The van der Waals surface area contributed by atoms with Crippen molar-refractivity contribution in [3.05, 3.63) is 69.9 Å². The molecule has 2 aromatic rings. The van der Waals surface area contributed by atoms with Crippen LogP contribution in [0, 0.1) is 13.8 Å². The van der Waals surface area contributed by atoms with E-state index in [1.807, 2.05) is 32.0 Å². The normalized spacial score (nSPS) is 17.4. The number of hydrogen-bond donors (Lipinski definition) is 0. The number of amides is 2. The summed E-state index contributed by atoms with van der Waals surface area (Å²) in [5.41, 5.74) is 4.56. The van der Waals surface area contributed by atoms with E-state index in [1.54, 1.807) is 24.3 Å². The van der Waals surface area contributed by atoms with Crippen LogP contribution in [0.3, 0.4) is 0 Å². The SMILES string of the molecule is Cc1ccc(C2=C(N3CCCC3)C(=O)N(c3cccc(Cl)c3)C2=O)cc1C. The predicted octanol–water partition coefficient (Wildman–Crippen LogP) is 4.34. The standard InChI is InChI=1S/C22H21ClN2O2/c1-14-8-9-16(12-15(14)2)19-20(24-10-3-4-11-24)22(27)25(21(19)26)18-7-5-6-17(23)13-18/h5-9,12-13H,3-4,10-11H2,1-2H3.